The summed E-state index contributed by atoms with van der Waals surface area (Å²) in [5, 5.41) is 8.80. The van der Waals surface area contributed by atoms with Gasteiger partial charge in [-0.3, -0.25) is 4.79 Å². The van der Waals surface area contributed by atoms with E-state index in [1.165, 1.54) is 32.2 Å². The van der Waals surface area contributed by atoms with Crippen LogP contribution in [0.5, 0.6) is 0 Å². The number of likely N-dealkylation sites (tertiary alicyclic amines) is 1. The molecule has 0 saturated carbocycles. The van der Waals surface area contributed by atoms with Crippen molar-refractivity contribution in [1.29, 1.82) is 0 Å². The Morgan fingerprint density at radius 1 is 1.33 bits per heavy atom. The third-order valence-corrected chi connectivity index (χ3v) is 4.23. The van der Waals surface area contributed by atoms with E-state index in [1.807, 2.05) is 0 Å². The quantitative estimate of drug-likeness (QED) is 0.722. The van der Waals surface area contributed by atoms with E-state index in [1.54, 1.807) is 0 Å². The van der Waals surface area contributed by atoms with Crippen molar-refractivity contribution in [2.24, 2.45) is 11.8 Å². The second-order valence-electron chi connectivity index (χ2n) is 5.76. The Bertz CT molecular complexity index is 235. The summed E-state index contributed by atoms with van der Waals surface area (Å²) in [6, 6.07) is 0. The van der Waals surface area contributed by atoms with Gasteiger partial charge in [-0.05, 0) is 44.2 Å². The molecular formula is C15H29NO2. The minimum absolute atomic E-state index is 0.362. The van der Waals surface area contributed by atoms with Gasteiger partial charge in [-0.25, -0.2) is 0 Å². The number of hydrogen-bond acceptors (Lipinski definition) is 2. The van der Waals surface area contributed by atoms with Crippen LogP contribution in [0.2, 0.25) is 0 Å². The molecule has 1 atom stereocenters. The van der Waals surface area contributed by atoms with Crippen molar-refractivity contribution >= 4 is 5.97 Å². The smallest absolute Gasteiger partial charge is 0.303 e. The highest BCUT2D eigenvalue weighted by Gasteiger charge is 2.22. The number of carboxylic acids is 1. The maximum Gasteiger partial charge on any atom is 0.303 e. The monoisotopic (exact) mass is 255 g/mol. The fraction of sp³-hybridized carbons (Fsp3) is 0.933. The van der Waals surface area contributed by atoms with Crippen LogP contribution in [0.4, 0.5) is 0 Å². The van der Waals surface area contributed by atoms with E-state index in [9.17, 15) is 4.79 Å². The van der Waals surface area contributed by atoms with E-state index < -0.39 is 5.97 Å². The van der Waals surface area contributed by atoms with Crippen molar-refractivity contribution in [3.8, 4) is 0 Å². The summed E-state index contributed by atoms with van der Waals surface area (Å²) in [6.45, 7) is 7.96. The van der Waals surface area contributed by atoms with Gasteiger partial charge in [0.1, 0.15) is 0 Å². The van der Waals surface area contributed by atoms with Gasteiger partial charge >= 0.3 is 5.97 Å². The Hall–Kier alpha value is -0.570. The van der Waals surface area contributed by atoms with Gasteiger partial charge in [0.15, 0.2) is 0 Å². The summed E-state index contributed by atoms with van der Waals surface area (Å²) in [5.74, 6) is 0.610. The van der Waals surface area contributed by atoms with Gasteiger partial charge < -0.3 is 10.0 Å². The molecule has 0 spiro atoms. The summed E-state index contributed by atoms with van der Waals surface area (Å²) in [7, 11) is 0. The van der Waals surface area contributed by atoms with E-state index in [0.717, 1.165) is 31.8 Å². The molecule has 1 heterocycles. The number of carboxylic acid groups (broad SMARTS) is 1. The first-order chi connectivity index (χ1) is 8.65. The van der Waals surface area contributed by atoms with Crippen molar-refractivity contribution in [1.82, 2.24) is 4.90 Å². The number of nitrogens with zero attached hydrogens (tertiary/aromatic N) is 1. The molecule has 0 amide bonds. The SMILES string of the molecule is CCCCC(CC)CN1CCC(CC(=O)O)CC1. The molecule has 0 aromatic carbocycles. The molecule has 3 nitrogen and oxygen atoms in total. The lowest BCUT2D eigenvalue weighted by molar-refractivity contribution is -0.138. The molecule has 1 rings (SSSR count). The Labute approximate surface area is 112 Å². The van der Waals surface area contributed by atoms with Crippen LogP contribution in [0.1, 0.15) is 58.8 Å². The van der Waals surface area contributed by atoms with Gasteiger partial charge in [0, 0.05) is 13.0 Å². The average molecular weight is 255 g/mol. The van der Waals surface area contributed by atoms with Crippen LogP contribution in [-0.4, -0.2) is 35.6 Å². The normalized spacial score (nSPS) is 19.9. The molecule has 1 unspecified atom stereocenters. The molecule has 1 N–H and O–H groups in total. The molecule has 18 heavy (non-hydrogen) atoms. The van der Waals surface area contributed by atoms with E-state index in [4.69, 9.17) is 5.11 Å². The Morgan fingerprint density at radius 2 is 2.00 bits per heavy atom. The Morgan fingerprint density at radius 3 is 2.50 bits per heavy atom. The van der Waals surface area contributed by atoms with Gasteiger partial charge in [-0.15, -0.1) is 0 Å². The molecule has 0 bridgehead atoms. The first-order valence-corrected chi connectivity index (χ1v) is 7.59. The van der Waals surface area contributed by atoms with Crippen LogP contribution in [0.3, 0.4) is 0 Å². The molecule has 3 heteroatoms. The topological polar surface area (TPSA) is 40.5 Å². The van der Waals surface area contributed by atoms with Gasteiger partial charge in [0.25, 0.3) is 0 Å². The van der Waals surface area contributed by atoms with Crippen LogP contribution in [-0.2, 0) is 4.79 Å². The zero-order valence-corrected chi connectivity index (χ0v) is 12.0. The summed E-state index contributed by atoms with van der Waals surface area (Å²) < 4.78 is 0. The van der Waals surface area contributed by atoms with E-state index >= 15 is 0 Å². The zero-order valence-electron chi connectivity index (χ0n) is 12.0. The minimum atomic E-state index is -0.636. The molecule has 106 valence electrons. The molecular weight excluding hydrogens is 226 g/mol. The molecule has 0 aromatic rings. The molecule has 1 aliphatic rings. The molecule has 1 saturated heterocycles. The maximum atomic E-state index is 10.7. The van der Waals surface area contributed by atoms with Gasteiger partial charge in [0.2, 0.25) is 0 Å². The molecule has 0 aliphatic carbocycles. The van der Waals surface area contributed by atoms with E-state index in [2.05, 4.69) is 18.7 Å². The number of aliphatic carboxylic acids is 1. The van der Waals surface area contributed by atoms with Crippen LogP contribution >= 0.6 is 0 Å². The lowest BCUT2D eigenvalue weighted by Crippen LogP contribution is -2.37. The largest absolute Gasteiger partial charge is 0.481 e. The van der Waals surface area contributed by atoms with Crippen molar-refractivity contribution in [3.05, 3.63) is 0 Å². The van der Waals surface area contributed by atoms with E-state index in [-0.39, 0.29) is 0 Å². The fourth-order valence-corrected chi connectivity index (χ4v) is 2.90. The van der Waals surface area contributed by atoms with Gasteiger partial charge in [0.05, 0.1) is 0 Å². The first kappa shape index (κ1) is 15.5. The summed E-state index contributed by atoms with van der Waals surface area (Å²) in [4.78, 5) is 13.2. The third kappa shape index (κ3) is 5.85. The first-order valence-electron chi connectivity index (χ1n) is 7.59. The number of rotatable bonds is 8. The van der Waals surface area contributed by atoms with Crippen molar-refractivity contribution in [2.75, 3.05) is 19.6 Å². The highest BCUT2D eigenvalue weighted by atomic mass is 16.4. The zero-order chi connectivity index (χ0) is 13.4. The van der Waals surface area contributed by atoms with Crippen LogP contribution in [0, 0.1) is 11.8 Å². The van der Waals surface area contributed by atoms with Crippen molar-refractivity contribution < 1.29 is 9.90 Å². The number of unbranched alkanes of at least 4 members (excludes halogenated alkanes) is 1. The van der Waals surface area contributed by atoms with Crippen molar-refractivity contribution in [2.45, 2.75) is 58.8 Å². The van der Waals surface area contributed by atoms with Gasteiger partial charge in [-0.2, -0.15) is 0 Å². The van der Waals surface area contributed by atoms with Crippen LogP contribution in [0.15, 0.2) is 0 Å². The third-order valence-electron chi connectivity index (χ3n) is 4.23. The second kappa shape index (κ2) is 8.52. The predicted molar refractivity (Wildman–Crippen MR) is 74.7 cm³/mol. The molecule has 1 fully saturated rings. The van der Waals surface area contributed by atoms with Gasteiger partial charge in [-0.1, -0.05) is 33.1 Å². The number of piperidine rings is 1. The lowest BCUT2D eigenvalue weighted by atomic mass is 9.92. The standard InChI is InChI=1S/C15H29NO2/c1-3-5-6-13(4-2)12-16-9-7-14(8-10-16)11-15(17)18/h13-14H,3-12H2,1-2H3,(H,17,18). The molecule has 0 aromatic heterocycles. The summed E-state index contributed by atoms with van der Waals surface area (Å²) in [6.07, 6.45) is 7.75. The molecule has 1 aliphatic heterocycles. The highest BCUT2D eigenvalue weighted by Crippen LogP contribution is 2.22. The van der Waals surface area contributed by atoms with Crippen molar-refractivity contribution in [3.63, 3.8) is 0 Å². The number of carbonyl (C=O) groups is 1. The Balaban J connectivity index is 2.23. The van der Waals surface area contributed by atoms with Crippen LogP contribution in [0.25, 0.3) is 0 Å². The summed E-state index contributed by atoms with van der Waals surface area (Å²) in [5.41, 5.74) is 0. The maximum absolute atomic E-state index is 10.7. The predicted octanol–water partition coefficient (Wildman–Crippen LogP) is 3.39. The minimum Gasteiger partial charge on any atom is -0.481 e. The lowest BCUT2D eigenvalue weighted by Gasteiger charge is -2.33. The van der Waals surface area contributed by atoms with Crippen LogP contribution < -0.4 is 0 Å². The molecule has 0 radical (unpaired) electrons. The second-order valence-corrected chi connectivity index (χ2v) is 5.76. The highest BCUT2D eigenvalue weighted by molar-refractivity contribution is 5.67. The Kier molecular flexibility index (Phi) is 7.33. The summed E-state index contributed by atoms with van der Waals surface area (Å²) >= 11 is 0. The fourth-order valence-electron chi connectivity index (χ4n) is 2.90. The number of hydrogen-bond donors (Lipinski definition) is 1. The average Bonchev–Trinajstić information content (AvgIpc) is 2.36. The van der Waals surface area contributed by atoms with E-state index in [0.29, 0.717) is 12.3 Å².